The van der Waals surface area contributed by atoms with Crippen LogP contribution in [0.4, 0.5) is 5.69 Å². The molecule has 1 aliphatic rings. The molecular weight excluding hydrogens is 242 g/mol. The van der Waals surface area contributed by atoms with Crippen molar-refractivity contribution in [3.05, 3.63) is 29.8 Å². The van der Waals surface area contributed by atoms with Crippen LogP contribution >= 0.6 is 0 Å². The molecule has 0 aromatic heterocycles. The highest BCUT2D eigenvalue weighted by atomic mass is 16.3. The van der Waals surface area contributed by atoms with Crippen molar-refractivity contribution in [3.8, 4) is 6.07 Å². The topological polar surface area (TPSA) is 76.4 Å². The maximum absolute atomic E-state index is 11.7. The molecule has 0 saturated carbocycles. The Kier molecular flexibility index (Phi) is 4.37. The van der Waals surface area contributed by atoms with Crippen molar-refractivity contribution < 1.29 is 9.90 Å². The molecule has 19 heavy (non-hydrogen) atoms. The second-order valence-corrected chi connectivity index (χ2v) is 4.57. The molecule has 5 nitrogen and oxygen atoms in total. The lowest BCUT2D eigenvalue weighted by molar-refractivity contribution is -0.119. The zero-order valence-corrected chi connectivity index (χ0v) is 10.7. The van der Waals surface area contributed by atoms with Crippen LogP contribution < -0.4 is 10.2 Å². The Morgan fingerprint density at radius 3 is 3.11 bits per heavy atom. The van der Waals surface area contributed by atoms with Gasteiger partial charge in [0.25, 0.3) is 0 Å². The third-order valence-corrected chi connectivity index (χ3v) is 3.24. The number of rotatable bonds is 3. The monoisotopic (exact) mass is 259 g/mol. The number of benzene rings is 1. The van der Waals surface area contributed by atoms with E-state index in [1.807, 2.05) is 35.2 Å². The van der Waals surface area contributed by atoms with Crippen molar-refractivity contribution in [2.75, 3.05) is 24.5 Å². The summed E-state index contributed by atoms with van der Waals surface area (Å²) in [7, 11) is 0. The molecule has 0 radical (unpaired) electrons. The zero-order valence-electron chi connectivity index (χ0n) is 10.7. The van der Waals surface area contributed by atoms with E-state index in [4.69, 9.17) is 5.26 Å². The summed E-state index contributed by atoms with van der Waals surface area (Å²) >= 11 is 0. The molecule has 2 N–H and O–H groups in total. The number of hydrogen-bond donors (Lipinski definition) is 2. The van der Waals surface area contributed by atoms with Gasteiger partial charge in [-0.15, -0.1) is 0 Å². The number of nitrogens with zero attached hydrogens (tertiary/aromatic N) is 2. The summed E-state index contributed by atoms with van der Waals surface area (Å²) in [6.45, 7) is 0.969. The zero-order chi connectivity index (χ0) is 13.7. The normalized spacial score (nSPS) is 18.1. The van der Waals surface area contributed by atoms with Crippen LogP contribution in [0.5, 0.6) is 0 Å². The van der Waals surface area contributed by atoms with Crippen molar-refractivity contribution in [2.45, 2.75) is 18.9 Å². The van der Waals surface area contributed by atoms with E-state index in [1.165, 1.54) is 0 Å². The van der Waals surface area contributed by atoms with E-state index in [0.29, 0.717) is 6.42 Å². The molecular formula is C14H17N3O2. The summed E-state index contributed by atoms with van der Waals surface area (Å²) in [4.78, 5) is 13.7. The fraction of sp³-hybridized carbons (Fsp3) is 0.429. The van der Waals surface area contributed by atoms with Gasteiger partial charge in [-0.2, -0.15) is 5.26 Å². The summed E-state index contributed by atoms with van der Waals surface area (Å²) in [6.07, 6.45) is 1.07. The van der Waals surface area contributed by atoms with Crippen LogP contribution in [0.15, 0.2) is 24.3 Å². The van der Waals surface area contributed by atoms with E-state index >= 15 is 0 Å². The lowest BCUT2D eigenvalue weighted by Crippen LogP contribution is -2.37. The number of carbonyl (C=O) groups is 1. The number of hydrogen-bond acceptors (Lipinski definition) is 4. The van der Waals surface area contributed by atoms with Crippen molar-refractivity contribution in [1.82, 2.24) is 5.32 Å². The van der Waals surface area contributed by atoms with Gasteiger partial charge in [-0.05, 0) is 18.9 Å². The number of aliphatic hydroxyl groups excluding tert-OH is 1. The average molecular weight is 259 g/mol. The minimum atomic E-state index is -0.469. The molecule has 1 aromatic rings. The van der Waals surface area contributed by atoms with Gasteiger partial charge in [0.15, 0.2) is 0 Å². The molecule has 5 heteroatoms. The van der Waals surface area contributed by atoms with Gasteiger partial charge in [0.1, 0.15) is 6.54 Å². The molecule has 1 unspecified atom stereocenters. The molecule has 1 aliphatic heterocycles. The van der Waals surface area contributed by atoms with Gasteiger partial charge in [0.05, 0.1) is 18.7 Å². The minimum Gasteiger partial charge on any atom is -0.388 e. The van der Waals surface area contributed by atoms with Crippen LogP contribution in [0.25, 0.3) is 0 Å². The predicted molar refractivity (Wildman–Crippen MR) is 71.5 cm³/mol. The van der Waals surface area contributed by atoms with Gasteiger partial charge in [-0.25, -0.2) is 0 Å². The lowest BCUT2D eigenvalue weighted by atomic mass is 10.0. The second-order valence-electron chi connectivity index (χ2n) is 4.57. The molecule has 0 aliphatic carbocycles. The molecule has 0 bridgehead atoms. The molecule has 2 rings (SSSR count). The van der Waals surface area contributed by atoms with Crippen molar-refractivity contribution in [3.63, 3.8) is 0 Å². The van der Waals surface area contributed by atoms with Crippen molar-refractivity contribution >= 4 is 11.6 Å². The van der Waals surface area contributed by atoms with Gasteiger partial charge in [-0.1, -0.05) is 18.2 Å². The highest BCUT2D eigenvalue weighted by Crippen LogP contribution is 2.32. The molecule has 0 spiro atoms. The Bertz CT molecular complexity index is 496. The average Bonchev–Trinajstić information content (AvgIpc) is 2.58. The Morgan fingerprint density at radius 1 is 1.53 bits per heavy atom. The quantitative estimate of drug-likeness (QED) is 0.793. The molecule has 0 saturated heterocycles. The first-order chi connectivity index (χ1) is 9.22. The number of aliphatic hydroxyl groups is 1. The van der Waals surface area contributed by atoms with Crippen LogP contribution in [-0.2, 0) is 4.79 Å². The standard InChI is InChI=1S/C14H17N3O2/c15-7-8-16-14(19)10-17-9-3-6-13(18)11-4-1-2-5-12(11)17/h1-2,4-5,13,18H,3,6,8-10H2,(H,16,19). The molecule has 1 amide bonds. The second kappa shape index (κ2) is 6.21. The van der Waals surface area contributed by atoms with Crippen molar-refractivity contribution in [1.29, 1.82) is 5.26 Å². The van der Waals surface area contributed by atoms with E-state index in [-0.39, 0.29) is 19.0 Å². The Morgan fingerprint density at radius 2 is 2.32 bits per heavy atom. The minimum absolute atomic E-state index is 0.0247. The number of para-hydroxylation sites is 1. The number of nitrogens with one attached hydrogen (secondary N) is 1. The fourth-order valence-corrected chi connectivity index (χ4v) is 2.34. The first-order valence-corrected chi connectivity index (χ1v) is 6.38. The highest BCUT2D eigenvalue weighted by Gasteiger charge is 2.22. The van der Waals surface area contributed by atoms with Gasteiger partial charge < -0.3 is 15.3 Å². The molecule has 1 atom stereocenters. The summed E-state index contributed by atoms with van der Waals surface area (Å²) in [5.74, 6) is -0.173. The van der Waals surface area contributed by atoms with Gasteiger partial charge in [0, 0.05) is 17.8 Å². The van der Waals surface area contributed by atoms with E-state index < -0.39 is 6.10 Å². The van der Waals surface area contributed by atoms with Crippen LogP contribution in [0.3, 0.4) is 0 Å². The van der Waals surface area contributed by atoms with Crippen molar-refractivity contribution in [2.24, 2.45) is 0 Å². The highest BCUT2D eigenvalue weighted by molar-refractivity contribution is 5.82. The van der Waals surface area contributed by atoms with E-state index in [1.54, 1.807) is 0 Å². The third kappa shape index (κ3) is 3.24. The van der Waals surface area contributed by atoms with Crippen LogP contribution in [0.1, 0.15) is 24.5 Å². The Hall–Kier alpha value is -2.06. The SMILES string of the molecule is N#CCNC(=O)CN1CCCC(O)c2ccccc21. The van der Waals surface area contributed by atoms with E-state index in [9.17, 15) is 9.90 Å². The molecule has 1 heterocycles. The number of amides is 1. The molecule has 100 valence electrons. The number of anilines is 1. The predicted octanol–water partition coefficient (Wildman–Crippen LogP) is 0.960. The smallest absolute Gasteiger partial charge is 0.240 e. The van der Waals surface area contributed by atoms with Crippen LogP contribution in [-0.4, -0.2) is 30.6 Å². The number of nitriles is 1. The summed E-state index contributed by atoms with van der Waals surface area (Å²) in [5.41, 5.74) is 1.77. The summed E-state index contributed by atoms with van der Waals surface area (Å²) in [6, 6.07) is 9.49. The van der Waals surface area contributed by atoms with E-state index in [0.717, 1.165) is 24.2 Å². The van der Waals surface area contributed by atoms with E-state index in [2.05, 4.69) is 5.32 Å². The lowest BCUT2D eigenvalue weighted by Gasteiger charge is -2.24. The molecule has 0 fully saturated rings. The maximum Gasteiger partial charge on any atom is 0.240 e. The number of fused-ring (bicyclic) bond motifs is 1. The summed E-state index contributed by atoms with van der Waals surface area (Å²) < 4.78 is 0. The first-order valence-electron chi connectivity index (χ1n) is 6.38. The fourth-order valence-electron chi connectivity index (χ4n) is 2.34. The van der Waals surface area contributed by atoms with Crippen LogP contribution in [0, 0.1) is 11.3 Å². The maximum atomic E-state index is 11.7. The number of carbonyl (C=O) groups excluding carboxylic acids is 1. The molecule has 1 aromatic carbocycles. The van der Waals surface area contributed by atoms with Crippen LogP contribution in [0.2, 0.25) is 0 Å². The van der Waals surface area contributed by atoms with Gasteiger partial charge in [0.2, 0.25) is 5.91 Å². The Labute approximate surface area is 112 Å². The third-order valence-electron chi connectivity index (χ3n) is 3.24. The summed E-state index contributed by atoms with van der Waals surface area (Å²) in [5, 5.41) is 21.0. The van der Waals surface area contributed by atoms with Gasteiger partial charge in [-0.3, -0.25) is 4.79 Å². The Balaban J connectivity index is 2.15. The largest absolute Gasteiger partial charge is 0.388 e. The first kappa shape index (κ1) is 13.4. The van der Waals surface area contributed by atoms with Gasteiger partial charge >= 0.3 is 0 Å².